The van der Waals surface area contributed by atoms with Crippen molar-refractivity contribution in [3.8, 4) is 0 Å². The molecule has 4 atom stereocenters. The van der Waals surface area contributed by atoms with Crippen LogP contribution in [0.4, 0.5) is 0 Å². The maximum atomic E-state index is 13.2. The van der Waals surface area contributed by atoms with E-state index in [0.717, 1.165) is 17.5 Å². The van der Waals surface area contributed by atoms with Gasteiger partial charge >= 0.3 is 5.97 Å². The molecule has 3 amide bonds. The Morgan fingerprint density at radius 3 is 2.58 bits per heavy atom. The SMILES string of the molecule is CC[C@H](C)[C@@H](CN(CC(=O)N[C@@H](CCSC)C(=O)OC)Cc1cccc(C)c1C)NC(=O)[C@@H]1CCC(=O)N1. The van der Waals surface area contributed by atoms with Crippen molar-refractivity contribution in [3.05, 3.63) is 34.9 Å². The molecule has 1 aliphatic heterocycles. The van der Waals surface area contributed by atoms with E-state index < -0.39 is 18.1 Å². The molecule has 212 valence electrons. The maximum absolute atomic E-state index is 13.2. The summed E-state index contributed by atoms with van der Waals surface area (Å²) in [6.45, 7) is 9.27. The molecule has 0 aromatic heterocycles. The van der Waals surface area contributed by atoms with Crippen molar-refractivity contribution in [2.24, 2.45) is 5.92 Å². The topological polar surface area (TPSA) is 117 Å². The summed E-state index contributed by atoms with van der Waals surface area (Å²) in [5.41, 5.74) is 3.42. The first-order valence-corrected chi connectivity index (χ1v) is 14.7. The van der Waals surface area contributed by atoms with Crippen LogP contribution < -0.4 is 16.0 Å². The minimum Gasteiger partial charge on any atom is -0.467 e. The number of thioether (sulfide) groups is 1. The van der Waals surface area contributed by atoms with Crippen LogP contribution in [0.15, 0.2) is 18.2 Å². The van der Waals surface area contributed by atoms with Gasteiger partial charge in [-0.15, -0.1) is 0 Å². The summed E-state index contributed by atoms with van der Waals surface area (Å²) >= 11 is 1.60. The van der Waals surface area contributed by atoms with E-state index in [2.05, 4.69) is 49.7 Å². The highest BCUT2D eigenvalue weighted by molar-refractivity contribution is 7.98. The molecule has 0 bridgehead atoms. The minimum atomic E-state index is -0.710. The number of methoxy groups -OCH3 is 1. The molecule has 1 aromatic carbocycles. The third kappa shape index (κ3) is 9.62. The number of amides is 3. The van der Waals surface area contributed by atoms with E-state index in [1.807, 2.05) is 23.3 Å². The van der Waals surface area contributed by atoms with Crippen molar-refractivity contribution in [2.75, 3.05) is 32.2 Å². The fourth-order valence-electron chi connectivity index (χ4n) is 4.50. The number of rotatable bonds is 15. The van der Waals surface area contributed by atoms with Crippen molar-refractivity contribution in [1.29, 1.82) is 0 Å². The highest BCUT2D eigenvalue weighted by atomic mass is 32.2. The molecule has 9 nitrogen and oxygen atoms in total. The van der Waals surface area contributed by atoms with Gasteiger partial charge in [0, 0.05) is 25.6 Å². The van der Waals surface area contributed by atoms with Gasteiger partial charge in [-0.05, 0) is 61.3 Å². The quantitative estimate of drug-likeness (QED) is 0.288. The molecule has 38 heavy (non-hydrogen) atoms. The predicted molar refractivity (Wildman–Crippen MR) is 151 cm³/mol. The monoisotopic (exact) mass is 548 g/mol. The van der Waals surface area contributed by atoms with Gasteiger partial charge in [-0.3, -0.25) is 19.3 Å². The lowest BCUT2D eigenvalue weighted by molar-refractivity contribution is -0.145. The molecule has 1 saturated heterocycles. The minimum absolute atomic E-state index is 0.0586. The highest BCUT2D eigenvalue weighted by Gasteiger charge is 2.31. The average molecular weight is 549 g/mol. The fourth-order valence-corrected chi connectivity index (χ4v) is 4.98. The first-order chi connectivity index (χ1) is 18.1. The molecule has 1 heterocycles. The molecule has 3 N–H and O–H groups in total. The molecule has 1 fully saturated rings. The molecule has 0 spiro atoms. The first-order valence-electron chi connectivity index (χ1n) is 13.3. The summed E-state index contributed by atoms with van der Waals surface area (Å²) in [6, 6.07) is 4.65. The smallest absolute Gasteiger partial charge is 0.328 e. The van der Waals surface area contributed by atoms with E-state index >= 15 is 0 Å². The Morgan fingerprint density at radius 1 is 1.24 bits per heavy atom. The molecule has 0 unspecified atom stereocenters. The van der Waals surface area contributed by atoms with Crippen LogP contribution in [-0.2, 0) is 30.5 Å². The van der Waals surface area contributed by atoms with E-state index in [1.54, 1.807) is 11.8 Å². The second-order valence-electron chi connectivity index (χ2n) is 10.1. The lowest BCUT2D eigenvalue weighted by Crippen LogP contribution is -2.53. The number of hydrogen-bond acceptors (Lipinski definition) is 7. The number of carbonyl (C=O) groups is 4. The number of nitrogens with one attached hydrogen (secondary N) is 3. The second kappa shape index (κ2) is 15.7. The van der Waals surface area contributed by atoms with E-state index in [-0.39, 0.29) is 36.2 Å². The van der Waals surface area contributed by atoms with Crippen LogP contribution in [0.3, 0.4) is 0 Å². The number of ether oxygens (including phenoxy) is 1. The Balaban J connectivity index is 2.24. The average Bonchev–Trinajstić information content (AvgIpc) is 3.34. The third-order valence-electron chi connectivity index (χ3n) is 7.33. The molecule has 1 aromatic rings. The molecule has 0 aliphatic carbocycles. The first kappa shape index (κ1) is 31.6. The van der Waals surface area contributed by atoms with Crippen molar-refractivity contribution >= 4 is 35.5 Å². The van der Waals surface area contributed by atoms with E-state index in [4.69, 9.17) is 4.74 Å². The van der Waals surface area contributed by atoms with E-state index in [9.17, 15) is 19.2 Å². The van der Waals surface area contributed by atoms with Gasteiger partial charge in [0.2, 0.25) is 17.7 Å². The van der Waals surface area contributed by atoms with Gasteiger partial charge in [-0.2, -0.15) is 11.8 Å². The second-order valence-corrected chi connectivity index (χ2v) is 11.1. The van der Waals surface area contributed by atoms with E-state index in [1.165, 1.54) is 12.7 Å². The molecular formula is C28H44N4O5S. The van der Waals surface area contributed by atoms with Gasteiger partial charge in [0.1, 0.15) is 12.1 Å². The molecule has 1 aliphatic rings. The standard InChI is InChI=1S/C28H44N4O5S/c1-7-18(2)24(31-27(35)22-11-12-25(33)29-22)16-32(15-21-10-8-9-19(3)20(21)4)17-26(34)30-23(13-14-38-6)28(36)37-5/h8-10,18,22-24H,7,11-17H2,1-6H3,(H,29,33)(H,30,34)(H,31,35)/t18-,22-,23-,24+/m0/s1. The Labute approximate surface area is 231 Å². The number of benzene rings is 1. The zero-order chi connectivity index (χ0) is 28.2. The molecular weight excluding hydrogens is 504 g/mol. The summed E-state index contributed by atoms with van der Waals surface area (Å²) in [7, 11) is 1.32. The molecule has 0 radical (unpaired) electrons. The molecule has 2 rings (SSSR count). The summed E-state index contributed by atoms with van der Waals surface area (Å²) in [5, 5.41) is 8.72. The van der Waals surface area contributed by atoms with Crippen molar-refractivity contribution in [3.63, 3.8) is 0 Å². The van der Waals surface area contributed by atoms with Crippen molar-refractivity contribution in [1.82, 2.24) is 20.9 Å². The highest BCUT2D eigenvalue weighted by Crippen LogP contribution is 2.18. The lowest BCUT2D eigenvalue weighted by Gasteiger charge is -2.32. The Hall–Kier alpha value is -2.59. The van der Waals surface area contributed by atoms with Gasteiger partial charge in [0.25, 0.3) is 0 Å². The number of carbonyl (C=O) groups excluding carboxylic acids is 4. The van der Waals surface area contributed by atoms with Crippen LogP contribution >= 0.6 is 11.8 Å². The summed E-state index contributed by atoms with van der Waals surface area (Å²) in [4.78, 5) is 52.0. The van der Waals surface area contributed by atoms with Gasteiger partial charge in [0.15, 0.2) is 0 Å². The van der Waals surface area contributed by atoms with Gasteiger partial charge in [-0.1, -0.05) is 38.5 Å². The summed E-state index contributed by atoms with van der Waals surface area (Å²) in [6.07, 6.45) is 4.10. The van der Waals surface area contributed by atoms with Crippen molar-refractivity contribution in [2.45, 2.75) is 78.0 Å². The number of esters is 1. The largest absolute Gasteiger partial charge is 0.467 e. The van der Waals surface area contributed by atoms with Crippen LogP contribution in [0, 0.1) is 19.8 Å². The van der Waals surface area contributed by atoms with Crippen LogP contribution in [-0.4, -0.2) is 78.9 Å². The summed E-state index contributed by atoms with van der Waals surface area (Å²) in [5.74, 6) is -0.183. The van der Waals surface area contributed by atoms with E-state index in [0.29, 0.717) is 38.1 Å². The number of aryl methyl sites for hydroxylation is 1. The van der Waals surface area contributed by atoms with Gasteiger partial charge in [-0.25, -0.2) is 4.79 Å². The zero-order valence-electron chi connectivity index (χ0n) is 23.6. The maximum Gasteiger partial charge on any atom is 0.328 e. The third-order valence-corrected chi connectivity index (χ3v) is 7.98. The van der Waals surface area contributed by atoms with Crippen LogP contribution in [0.2, 0.25) is 0 Å². The Morgan fingerprint density at radius 2 is 1.97 bits per heavy atom. The summed E-state index contributed by atoms with van der Waals surface area (Å²) < 4.78 is 4.90. The number of nitrogens with zero attached hydrogens (tertiary/aromatic N) is 1. The van der Waals surface area contributed by atoms with Gasteiger partial charge < -0.3 is 20.7 Å². The van der Waals surface area contributed by atoms with Crippen LogP contribution in [0.1, 0.15) is 56.2 Å². The predicted octanol–water partition coefficient (Wildman–Crippen LogP) is 2.33. The van der Waals surface area contributed by atoms with Crippen LogP contribution in [0.5, 0.6) is 0 Å². The zero-order valence-corrected chi connectivity index (χ0v) is 24.4. The molecule has 10 heteroatoms. The fraction of sp³-hybridized carbons (Fsp3) is 0.643. The lowest BCUT2D eigenvalue weighted by atomic mass is 9.97. The Kier molecular flexibility index (Phi) is 13.1. The Bertz CT molecular complexity index is 973. The van der Waals surface area contributed by atoms with Crippen LogP contribution in [0.25, 0.3) is 0 Å². The van der Waals surface area contributed by atoms with Crippen molar-refractivity contribution < 1.29 is 23.9 Å². The number of hydrogen-bond donors (Lipinski definition) is 3. The molecule has 0 saturated carbocycles. The van der Waals surface area contributed by atoms with Gasteiger partial charge in [0.05, 0.1) is 13.7 Å². The normalized spacial score (nSPS) is 17.4.